The first-order valence-electron chi connectivity index (χ1n) is 8.46. The lowest BCUT2D eigenvalue weighted by Crippen LogP contribution is -2.57. The van der Waals surface area contributed by atoms with Gasteiger partial charge in [0.1, 0.15) is 5.75 Å². The van der Waals surface area contributed by atoms with Crippen molar-refractivity contribution in [3.8, 4) is 5.75 Å². The molecule has 0 spiro atoms. The minimum atomic E-state index is -3.14. The number of benzene rings is 1. The zero-order valence-electron chi connectivity index (χ0n) is 13.5. The molecule has 5 nitrogen and oxygen atoms in total. The second-order valence-corrected chi connectivity index (χ2v) is 9.16. The molecule has 1 N–H and O–H groups in total. The van der Waals surface area contributed by atoms with Gasteiger partial charge in [-0.05, 0) is 54.9 Å². The molecule has 23 heavy (non-hydrogen) atoms. The number of hydrogen-bond donors (Lipinski definition) is 1. The Hall–Kier alpha value is -1.11. The molecule has 1 aromatic carbocycles. The Kier molecular flexibility index (Phi) is 3.66. The van der Waals surface area contributed by atoms with Crippen molar-refractivity contribution < 1.29 is 13.5 Å². The molecule has 2 saturated heterocycles. The largest absolute Gasteiger partial charge is 0.508 e. The highest BCUT2D eigenvalue weighted by Gasteiger charge is 2.44. The van der Waals surface area contributed by atoms with Crippen LogP contribution in [-0.4, -0.2) is 54.7 Å². The van der Waals surface area contributed by atoms with Gasteiger partial charge in [0.15, 0.2) is 0 Å². The smallest absolute Gasteiger partial charge is 0.211 e. The molecule has 6 heteroatoms. The van der Waals surface area contributed by atoms with Crippen molar-refractivity contribution in [1.29, 1.82) is 0 Å². The van der Waals surface area contributed by atoms with Crippen molar-refractivity contribution in [2.45, 2.75) is 37.8 Å². The summed E-state index contributed by atoms with van der Waals surface area (Å²) in [5.41, 5.74) is 2.48. The maximum absolute atomic E-state index is 12.2. The molecule has 0 aliphatic carbocycles. The highest BCUT2D eigenvalue weighted by Crippen LogP contribution is 2.43. The van der Waals surface area contributed by atoms with Crippen LogP contribution in [0.4, 0.5) is 0 Å². The van der Waals surface area contributed by atoms with E-state index in [1.54, 1.807) is 10.4 Å². The van der Waals surface area contributed by atoms with E-state index in [9.17, 15) is 13.5 Å². The molecule has 0 unspecified atom stereocenters. The summed E-state index contributed by atoms with van der Waals surface area (Å²) in [5.74, 6) is 0.773. The predicted molar refractivity (Wildman–Crippen MR) is 88.8 cm³/mol. The third-order valence-corrected chi connectivity index (χ3v) is 7.13. The Bertz CT molecular complexity index is 719. The van der Waals surface area contributed by atoms with Gasteiger partial charge in [-0.2, -0.15) is 4.31 Å². The minimum absolute atomic E-state index is 0.125. The van der Waals surface area contributed by atoms with Gasteiger partial charge in [0.25, 0.3) is 0 Å². The van der Waals surface area contributed by atoms with Gasteiger partial charge in [0, 0.05) is 31.7 Å². The van der Waals surface area contributed by atoms with Crippen molar-refractivity contribution >= 4 is 10.0 Å². The first-order valence-corrected chi connectivity index (χ1v) is 10.3. The van der Waals surface area contributed by atoms with Gasteiger partial charge in [-0.3, -0.25) is 4.90 Å². The second kappa shape index (κ2) is 5.46. The molecule has 0 aromatic heterocycles. The van der Waals surface area contributed by atoms with E-state index in [1.807, 2.05) is 12.1 Å². The molecule has 0 amide bonds. The monoisotopic (exact) mass is 336 g/mol. The van der Waals surface area contributed by atoms with Crippen LogP contribution in [0.5, 0.6) is 5.75 Å². The summed E-state index contributed by atoms with van der Waals surface area (Å²) in [5, 5.41) is 9.72. The summed E-state index contributed by atoms with van der Waals surface area (Å²) in [6, 6.07) is 6.05. The van der Waals surface area contributed by atoms with Gasteiger partial charge in [0.05, 0.1) is 6.26 Å². The molecule has 0 radical (unpaired) electrons. The predicted octanol–water partition coefficient (Wildman–Crippen LogP) is 1.74. The zero-order chi connectivity index (χ0) is 16.2. The molecule has 126 valence electrons. The maximum atomic E-state index is 12.2. The van der Waals surface area contributed by atoms with E-state index in [2.05, 4.69) is 4.90 Å². The van der Waals surface area contributed by atoms with Crippen LogP contribution in [0.15, 0.2) is 18.2 Å². The second-order valence-electron chi connectivity index (χ2n) is 7.22. The quantitative estimate of drug-likeness (QED) is 0.848. The number of hydrogen-bond acceptors (Lipinski definition) is 4. The first kappa shape index (κ1) is 15.4. The fourth-order valence-electron chi connectivity index (χ4n) is 4.81. The molecule has 4 rings (SSSR count). The number of aromatic hydroxyl groups is 1. The van der Waals surface area contributed by atoms with Gasteiger partial charge in [-0.25, -0.2) is 8.42 Å². The van der Waals surface area contributed by atoms with Crippen molar-refractivity contribution in [2.75, 3.05) is 25.9 Å². The Morgan fingerprint density at radius 3 is 2.87 bits per heavy atom. The number of fused-ring (bicyclic) bond motifs is 4. The summed E-state index contributed by atoms with van der Waals surface area (Å²) >= 11 is 0. The Balaban J connectivity index is 1.68. The Labute approximate surface area is 138 Å². The molecular formula is C17H24N2O3S. The van der Waals surface area contributed by atoms with Gasteiger partial charge < -0.3 is 5.11 Å². The summed E-state index contributed by atoms with van der Waals surface area (Å²) in [7, 11) is -3.14. The van der Waals surface area contributed by atoms with Crippen LogP contribution in [0, 0.1) is 5.92 Å². The fourth-order valence-corrected chi connectivity index (χ4v) is 6.02. The summed E-state index contributed by atoms with van der Waals surface area (Å²) in [6.07, 6.45) is 5.27. The average molecular weight is 336 g/mol. The number of rotatable bonds is 1. The van der Waals surface area contributed by atoms with Crippen LogP contribution in [-0.2, 0) is 16.4 Å². The van der Waals surface area contributed by atoms with Crippen molar-refractivity contribution in [2.24, 2.45) is 5.92 Å². The summed E-state index contributed by atoms with van der Waals surface area (Å²) < 4.78 is 26.1. The van der Waals surface area contributed by atoms with Crippen LogP contribution in [0.2, 0.25) is 0 Å². The molecule has 3 aliphatic rings. The third kappa shape index (κ3) is 2.66. The number of phenols is 1. The van der Waals surface area contributed by atoms with Crippen LogP contribution < -0.4 is 0 Å². The highest BCUT2D eigenvalue weighted by molar-refractivity contribution is 7.88. The molecule has 0 saturated carbocycles. The average Bonchev–Trinajstić information content (AvgIpc) is 2.51. The standard InChI is InChI=1S/C17H24N2O3S/c1-23(21,22)19-7-2-3-13-11-18-8-6-12-9-14(20)4-5-15(12)17(18)10-16(13)19/h4-5,9,13,16-17,20H,2-3,6-8,10-11H2,1H3/t13-,16+,17+/m1/s1. The fraction of sp³-hybridized carbons (Fsp3) is 0.647. The van der Waals surface area contributed by atoms with Crippen molar-refractivity contribution in [3.63, 3.8) is 0 Å². The Morgan fingerprint density at radius 2 is 2.09 bits per heavy atom. The SMILES string of the molecule is CS(=O)(=O)N1CCC[C@@H]2CN3CCc4cc(O)ccc4[C@@H]3C[C@@H]21. The van der Waals surface area contributed by atoms with E-state index < -0.39 is 10.0 Å². The molecular weight excluding hydrogens is 312 g/mol. The molecule has 3 atom stereocenters. The van der Waals surface area contributed by atoms with Crippen LogP contribution >= 0.6 is 0 Å². The van der Waals surface area contributed by atoms with E-state index in [0.717, 1.165) is 38.8 Å². The minimum Gasteiger partial charge on any atom is -0.508 e. The topological polar surface area (TPSA) is 60.9 Å². The molecule has 1 aromatic rings. The number of phenolic OH excluding ortho intramolecular Hbond substituents is 1. The molecule has 3 aliphatic heterocycles. The number of sulfonamides is 1. The van der Waals surface area contributed by atoms with Crippen LogP contribution in [0.3, 0.4) is 0 Å². The van der Waals surface area contributed by atoms with Gasteiger partial charge in [-0.15, -0.1) is 0 Å². The maximum Gasteiger partial charge on any atom is 0.211 e. The summed E-state index contributed by atoms with van der Waals surface area (Å²) in [4.78, 5) is 2.52. The molecule has 0 bridgehead atoms. The first-order chi connectivity index (χ1) is 10.9. The van der Waals surface area contributed by atoms with Crippen LogP contribution in [0.25, 0.3) is 0 Å². The van der Waals surface area contributed by atoms with E-state index in [4.69, 9.17) is 0 Å². The molecule has 2 fully saturated rings. The van der Waals surface area contributed by atoms with Gasteiger partial charge >= 0.3 is 0 Å². The van der Waals surface area contributed by atoms with E-state index >= 15 is 0 Å². The number of nitrogens with zero attached hydrogens (tertiary/aromatic N) is 2. The lowest BCUT2D eigenvalue weighted by molar-refractivity contribution is 0.0222. The van der Waals surface area contributed by atoms with E-state index in [-0.39, 0.29) is 12.1 Å². The lowest BCUT2D eigenvalue weighted by atomic mass is 9.77. The van der Waals surface area contributed by atoms with Gasteiger partial charge in [-0.1, -0.05) is 6.07 Å². The highest BCUT2D eigenvalue weighted by atomic mass is 32.2. The number of piperidine rings is 2. The van der Waals surface area contributed by atoms with Crippen LogP contribution in [0.1, 0.15) is 36.4 Å². The molecule has 3 heterocycles. The lowest BCUT2D eigenvalue weighted by Gasteiger charge is -2.51. The van der Waals surface area contributed by atoms with E-state index in [0.29, 0.717) is 18.2 Å². The third-order valence-electron chi connectivity index (χ3n) is 5.82. The van der Waals surface area contributed by atoms with Crippen molar-refractivity contribution in [3.05, 3.63) is 29.3 Å². The van der Waals surface area contributed by atoms with E-state index in [1.165, 1.54) is 17.4 Å². The normalized spacial score (nSPS) is 32.0. The summed E-state index contributed by atoms with van der Waals surface area (Å²) in [6.45, 7) is 2.65. The van der Waals surface area contributed by atoms with Gasteiger partial charge in [0.2, 0.25) is 10.0 Å². The van der Waals surface area contributed by atoms with Crippen molar-refractivity contribution in [1.82, 2.24) is 9.21 Å². The zero-order valence-corrected chi connectivity index (χ0v) is 14.3. The Morgan fingerprint density at radius 1 is 1.26 bits per heavy atom.